The van der Waals surface area contributed by atoms with E-state index in [1.807, 2.05) is 30.3 Å². The quantitative estimate of drug-likeness (QED) is 0.437. The standard InChI is InChI=1S/C20H20O5/c1-14(3-4-15-5-8-18(24-2)9-6-15)25-13-17(21)11-16-7-10-19(22)20(23)12-16/h3-10,12,22-23H,1,11,13H2,2H3. The minimum Gasteiger partial charge on any atom is -0.504 e. The molecular formula is C20H20O5. The third-order valence-electron chi connectivity index (χ3n) is 3.44. The molecular weight excluding hydrogens is 320 g/mol. The predicted molar refractivity (Wildman–Crippen MR) is 95.6 cm³/mol. The van der Waals surface area contributed by atoms with Crippen molar-refractivity contribution in [1.29, 1.82) is 0 Å². The Balaban J connectivity index is 1.81. The van der Waals surface area contributed by atoms with Gasteiger partial charge in [-0.15, -0.1) is 0 Å². The van der Waals surface area contributed by atoms with Gasteiger partial charge >= 0.3 is 0 Å². The van der Waals surface area contributed by atoms with E-state index < -0.39 is 0 Å². The molecule has 2 aromatic carbocycles. The van der Waals surface area contributed by atoms with Crippen LogP contribution in [0.1, 0.15) is 11.1 Å². The molecule has 0 saturated carbocycles. The van der Waals surface area contributed by atoms with Crippen LogP contribution in [0.5, 0.6) is 17.2 Å². The molecule has 2 aromatic rings. The highest BCUT2D eigenvalue weighted by atomic mass is 16.5. The predicted octanol–water partition coefficient (Wildman–Crippen LogP) is 3.46. The lowest BCUT2D eigenvalue weighted by Crippen LogP contribution is -2.10. The van der Waals surface area contributed by atoms with Gasteiger partial charge in [0, 0.05) is 6.42 Å². The van der Waals surface area contributed by atoms with Crippen LogP contribution in [-0.4, -0.2) is 29.7 Å². The zero-order valence-electron chi connectivity index (χ0n) is 13.9. The van der Waals surface area contributed by atoms with Gasteiger partial charge in [-0.3, -0.25) is 4.79 Å². The summed E-state index contributed by atoms with van der Waals surface area (Å²) >= 11 is 0. The zero-order valence-corrected chi connectivity index (χ0v) is 13.9. The third kappa shape index (κ3) is 5.73. The Morgan fingerprint density at radius 1 is 1.12 bits per heavy atom. The van der Waals surface area contributed by atoms with Gasteiger partial charge in [0.1, 0.15) is 18.1 Å². The van der Waals surface area contributed by atoms with Gasteiger partial charge < -0.3 is 19.7 Å². The molecule has 0 aliphatic heterocycles. The lowest BCUT2D eigenvalue weighted by atomic mass is 10.1. The molecule has 0 fully saturated rings. The lowest BCUT2D eigenvalue weighted by molar-refractivity contribution is -0.121. The van der Waals surface area contributed by atoms with E-state index in [-0.39, 0.29) is 30.3 Å². The lowest BCUT2D eigenvalue weighted by Gasteiger charge is -2.06. The molecule has 25 heavy (non-hydrogen) atoms. The monoisotopic (exact) mass is 340 g/mol. The molecule has 0 aliphatic carbocycles. The molecule has 0 spiro atoms. The highest BCUT2D eigenvalue weighted by Crippen LogP contribution is 2.25. The maximum atomic E-state index is 11.9. The normalized spacial score (nSPS) is 10.6. The summed E-state index contributed by atoms with van der Waals surface area (Å²) in [4.78, 5) is 11.9. The van der Waals surface area contributed by atoms with Crippen molar-refractivity contribution in [1.82, 2.24) is 0 Å². The molecule has 5 nitrogen and oxygen atoms in total. The van der Waals surface area contributed by atoms with Crippen molar-refractivity contribution in [2.24, 2.45) is 0 Å². The number of methoxy groups -OCH3 is 1. The molecule has 0 bridgehead atoms. The average molecular weight is 340 g/mol. The Morgan fingerprint density at radius 3 is 2.48 bits per heavy atom. The first-order valence-electron chi connectivity index (χ1n) is 7.64. The molecule has 2 rings (SSSR count). The number of phenols is 2. The summed E-state index contributed by atoms with van der Waals surface area (Å²) in [5, 5.41) is 18.7. The van der Waals surface area contributed by atoms with E-state index in [4.69, 9.17) is 9.47 Å². The molecule has 0 amide bonds. The van der Waals surface area contributed by atoms with Crippen LogP contribution in [0.3, 0.4) is 0 Å². The van der Waals surface area contributed by atoms with Crippen LogP contribution in [0, 0.1) is 0 Å². The molecule has 0 aromatic heterocycles. The summed E-state index contributed by atoms with van der Waals surface area (Å²) in [7, 11) is 1.61. The van der Waals surface area contributed by atoms with Gasteiger partial charge in [-0.2, -0.15) is 0 Å². The van der Waals surface area contributed by atoms with Gasteiger partial charge in [0.25, 0.3) is 0 Å². The number of aromatic hydroxyl groups is 2. The number of ketones is 1. The third-order valence-corrected chi connectivity index (χ3v) is 3.44. The highest BCUT2D eigenvalue weighted by molar-refractivity contribution is 5.82. The van der Waals surface area contributed by atoms with Gasteiger partial charge in [-0.1, -0.05) is 30.9 Å². The van der Waals surface area contributed by atoms with Crippen molar-refractivity contribution in [3.8, 4) is 17.2 Å². The van der Waals surface area contributed by atoms with Crippen molar-refractivity contribution >= 4 is 11.9 Å². The number of hydrogen-bond acceptors (Lipinski definition) is 5. The summed E-state index contributed by atoms with van der Waals surface area (Å²) in [5.74, 6) is 0.516. The van der Waals surface area contributed by atoms with E-state index in [0.717, 1.165) is 11.3 Å². The first-order valence-corrected chi connectivity index (χ1v) is 7.64. The molecule has 0 heterocycles. The largest absolute Gasteiger partial charge is 0.504 e. The van der Waals surface area contributed by atoms with Gasteiger partial charge in [0.2, 0.25) is 0 Å². The van der Waals surface area contributed by atoms with Crippen LogP contribution in [-0.2, 0) is 16.0 Å². The molecule has 0 saturated heterocycles. The Morgan fingerprint density at radius 2 is 1.84 bits per heavy atom. The molecule has 0 radical (unpaired) electrons. The molecule has 0 unspecified atom stereocenters. The van der Waals surface area contributed by atoms with E-state index >= 15 is 0 Å². The summed E-state index contributed by atoms with van der Waals surface area (Å²) in [5.41, 5.74) is 1.56. The summed E-state index contributed by atoms with van der Waals surface area (Å²) in [6.07, 6.45) is 3.61. The van der Waals surface area contributed by atoms with E-state index in [1.165, 1.54) is 12.1 Å². The summed E-state index contributed by atoms with van der Waals surface area (Å²) < 4.78 is 10.4. The van der Waals surface area contributed by atoms with E-state index in [2.05, 4.69) is 6.58 Å². The van der Waals surface area contributed by atoms with E-state index in [1.54, 1.807) is 19.3 Å². The van der Waals surface area contributed by atoms with Crippen LogP contribution < -0.4 is 4.74 Å². The highest BCUT2D eigenvalue weighted by Gasteiger charge is 2.07. The molecule has 0 aliphatic rings. The van der Waals surface area contributed by atoms with Crippen molar-refractivity contribution in [3.63, 3.8) is 0 Å². The smallest absolute Gasteiger partial charge is 0.174 e. The second-order valence-electron chi connectivity index (χ2n) is 5.40. The van der Waals surface area contributed by atoms with Crippen molar-refractivity contribution < 1.29 is 24.5 Å². The molecule has 2 N–H and O–H groups in total. The van der Waals surface area contributed by atoms with Gasteiger partial charge in [0.05, 0.1) is 7.11 Å². The number of allylic oxidation sites excluding steroid dienone is 1. The Labute approximate surface area is 146 Å². The van der Waals surface area contributed by atoms with Gasteiger partial charge in [0.15, 0.2) is 17.3 Å². The Bertz CT molecular complexity index is 775. The average Bonchev–Trinajstić information content (AvgIpc) is 2.61. The van der Waals surface area contributed by atoms with Crippen LogP contribution in [0.4, 0.5) is 0 Å². The second kappa shape index (κ2) is 8.59. The maximum Gasteiger partial charge on any atom is 0.174 e. The zero-order chi connectivity index (χ0) is 18.2. The Kier molecular flexibility index (Phi) is 6.23. The maximum absolute atomic E-state index is 11.9. The first-order chi connectivity index (χ1) is 12.0. The van der Waals surface area contributed by atoms with E-state index in [9.17, 15) is 15.0 Å². The fraction of sp³-hybridized carbons (Fsp3) is 0.150. The number of carbonyl (C=O) groups excluding carboxylic acids is 1. The molecule has 0 atom stereocenters. The van der Waals surface area contributed by atoms with Crippen molar-refractivity contribution in [3.05, 3.63) is 72.0 Å². The first kappa shape index (κ1) is 18.1. The number of rotatable bonds is 8. The summed E-state index contributed by atoms with van der Waals surface area (Å²) in [6.45, 7) is 3.63. The van der Waals surface area contributed by atoms with E-state index in [0.29, 0.717) is 11.3 Å². The topological polar surface area (TPSA) is 76.0 Å². The number of benzene rings is 2. The molecule has 130 valence electrons. The number of ether oxygens (including phenoxy) is 2. The Hall–Kier alpha value is -3.21. The number of phenolic OH excluding ortho intramolecular Hbond substituents is 2. The van der Waals surface area contributed by atoms with Crippen LogP contribution in [0.15, 0.2) is 60.9 Å². The fourth-order valence-electron chi connectivity index (χ4n) is 2.08. The number of hydrogen-bond donors (Lipinski definition) is 2. The van der Waals surface area contributed by atoms with Crippen LogP contribution >= 0.6 is 0 Å². The fourth-order valence-corrected chi connectivity index (χ4v) is 2.08. The van der Waals surface area contributed by atoms with Crippen molar-refractivity contribution in [2.75, 3.05) is 13.7 Å². The number of carbonyl (C=O) groups is 1. The SMILES string of the molecule is C=C(C=Cc1ccc(OC)cc1)OCC(=O)Cc1ccc(O)c(O)c1. The van der Waals surface area contributed by atoms with Crippen LogP contribution in [0.2, 0.25) is 0 Å². The van der Waals surface area contributed by atoms with Gasteiger partial charge in [-0.05, 0) is 41.5 Å². The van der Waals surface area contributed by atoms with Crippen LogP contribution in [0.25, 0.3) is 6.08 Å². The minimum absolute atomic E-state index is 0.101. The van der Waals surface area contributed by atoms with Crippen molar-refractivity contribution in [2.45, 2.75) is 6.42 Å². The number of Topliss-reactive ketones (excluding diaryl/α,β-unsaturated/α-hetero) is 1. The minimum atomic E-state index is -0.252. The second-order valence-corrected chi connectivity index (χ2v) is 5.40. The summed E-state index contributed by atoms with van der Waals surface area (Å²) in [6, 6.07) is 11.8. The molecule has 5 heteroatoms. The van der Waals surface area contributed by atoms with Gasteiger partial charge in [-0.25, -0.2) is 0 Å².